The molecule has 0 aliphatic rings. The number of aromatic nitrogens is 1. The molecule has 0 bridgehead atoms. The van der Waals surface area contributed by atoms with Gasteiger partial charge in [-0.3, -0.25) is 4.98 Å². The number of carbonyl (C=O) groups is 2. The molecule has 6 nitrogen and oxygen atoms in total. The van der Waals surface area contributed by atoms with Crippen LogP contribution in [0.1, 0.15) is 12.5 Å². The molecule has 0 fully saturated rings. The lowest BCUT2D eigenvalue weighted by Crippen LogP contribution is -2.46. The average molecular weight is 319 g/mol. The summed E-state index contributed by atoms with van der Waals surface area (Å²) in [4.78, 5) is 26.2. The summed E-state index contributed by atoms with van der Waals surface area (Å²) in [7, 11) is 0. The summed E-state index contributed by atoms with van der Waals surface area (Å²) in [6.07, 6.45) is 1.45. The topological polar surface area (TPSA) is 96.7 Å². The molecule has 1 heterocycles. The fourth-order valence-electron chi connectivity index (χ4n) is 1.74. The first-order chi connectivity index (χ1) is 10.8. The highest BCUT2D eigenvalue weighted by Crippen LogP contribution is 2.19. The summed E-state index contributed by atoms with van der Waals surface area (Å²) in [5, 5.41) is 17.9. The van der Waals surface area contributed by atoms with Crippen molar-refractivity contribution >= 4 is 11.9 Å². The third-order valence-corrected chi connectivity index (χ3v) is 3.31. The molecular weight excluding hydrogens is 305 g/mol. The predicted octanol–water partition coefficient (Wildman–Crippen LogP) is 2.33. The van der Waals surface area contributed by atoms with E-state index in [0.717, 1.165) is 12.5 Å². The number of carboxylic acids is 2. The van der Waals surface area contributed by atoms with Crippen LogP contribution < -0.4 is 0 Å². The smallest absolute Gasteiger partial charge is 0.347 e. The Bertz CT molecular complexity index is 698. The Morgan fingerprint density at radius 1 is 1.13 bits per heavy atom. The van der Waals surface area contributed by atoms with Gasteiger partial charge in [0.05, 0.1) is 12.3 Å². The Hall–Kier alpha value is -2.80. The molecule has 0 amide bonds. The number of hydrogen-bond donors (Lipinski definition) is 2. The molecular formula is C16H14FNO5. The predicted molar refractivity (Wildman–Crippen MR) is 78.1 cm³/mol. The Labute approximate surface area is 131 Å². The van der Waals surface area contributed by atoms with Gasteiger partial charge in [0.2, 0.25) is 0 Å². The van der Waals surface area contributed by atoms with Gasteiger partial charge in [0.15, 0.2) is 0 Å². The maximum Gasteiger partial charge on any atom is 0.347 e. The van der Waals surface area contributed by atoms with Crippen molar-refractivity contribution in [3.63, 3.8) is 0 Å². The lowest BCUT2D eigenvalue weighted by molar-refractivity contribution is -0.182. The molecule has 0 radical (unpaired) electrons. The van der Waals surface area contributed by atoms with Crippen LogP contribution in [-0.2, 0) is 20.9 Å². The van der Waals surface area contributed by atoms with Gasteiger partial charge >= 0.3 is 11.9 Å². The fourth-order valence-corrected chi connectivity index (χ4v) is 1.74. The van der Waals surface area contributed by atoms with Crippen molar-refractivity contribution in [3.8, 4) is 11.3 Å². The summed E-state index contributed by atoms with van der Waals surface area (Å²) < 4.78 is 17.9. The standard InChI is InChI=1S/C16H14FNO5/c1-16(14(19)20,15(21)22)23-9-10-2-7-13(18-8-10)11-3-5-12(17)6-4-11/h2-8H,9H2,1H3,(H,19,20)(H,21,22). The second kappa shape index (κ2) is 6.53. The van der Waals surface area contributed by atoms with E-state index in [1.807, 2.05) is 0 Å². The van der Waals surface area contributed by atoms with Crippen LogP contribution >= 0.6 is 0 Å². The van der Waals surface area contributed by atoms with Gasteiger partial charge in [-0.15, -0.1) is 0 Å². The molecule has 2 aromatic rings. The van der Waals surface area contributed by atoms with E-state index in [9.17, 15) is 14.0 Å². The second-order valence-corrected chi connectivity index (χ2v) is 4.99. The zero-order valence-corrected chi connectivity index (χ0v) is 12.2. The van der Waals surface area contributed by atoms with Crippen LogP contribution in [0.25, 0.3) is 11.3 Å². The molecule has 1 aromatic carbocycles. The van der Waals surface area contributed by atoms with Crippen LogP contribution in [0.15, 0.2) is 42.6 Å². The molecule has 0 saturated carbocycles. The maximum atomic E-state index is 12.9. The zero-order chi connectivity index (χ0) is 17.0. The van der Waals surface area contributed by atoms with Crippen molar-refractivity contribution in [1.29, 1.82) is 0 Å². The summed E-state index contributed by atoms with van der Waals surface area (Å²) >= 11 is 0. The minimum absolute atomic E-state index is 0.216. The molecule has 0 saturated heterocycles. The Balaban J connectivity index is 2.10. The molecule has 0 aliphatic heterocycles. The first-order valence-corrected chi connectivity index (χ1v) is 6.64. The van der Waals surface area contributed by atoms with Crippen LogP contribution in [0.2, 0.25) is 0 Å². The van der Waals surface area contributed by atoms with Gasteiger partial charge in [0.25, 0.3) is 5.60 Å². The highest BCUT2D eigenvalue weighted by molar-refractivity contribution is 6.01. The van der Waals surface area contributed by atoms with Crippen molar-refractivity contribution in [2.75, 3.05) is 0 Å². The largest absolute Gasteiger partial charge is 0.479 e. The third-order valence-electron chi connectivity index (χ3n) is 3.31. The molecule has 2 N–H and O–H groups in total. The van der Waals surface area contributed by atoms with Gasteiger partial charge in [-0.25, -0.2) is 14.0 Å². The van der Waals surface area contributed by atoms with E-state index in [1.54, 1.807) is 24.3 Å². The lowest BCUT2D eigenvalue weighted by Gasteiger charge is -2.20. The summed E-state index contributed by atoms with van der Waals surface area (Å²) in [6, 6.07) is 9.10. The molecule has 0 spiro atoms. The minimum atomic E-state index is -2.32. The van der Waals surface area contributed by atoms with Crippen molar-refractivity contribution < 1.29 is 28.9 Å². The van der Waals surface area contributed by atoms with E-state index >= 15 is 0 Å². The van der Waals surface area contributed by atoms with E-state index in [1.165, 1.54) is 18.3 Å². The van der Waals surface area contributed by atoms with E-state index < -0.39 is 17.5 Å². The van der Waals surface area contributed by atoms with E-state index in [4.69, 9.17) is 14.9 Å². The number of hydrogen-bond acceptors (Lipinski definition) is 4. The molecule has 0 unspecified atom stereocenters. The van der Waals surface area contributed by atoms with Crippen LogP contribution in [0.5, 0.6) is 0 Å². The van der Waals surface area contributed by atoms with Crippen molar-refractivity contribution in [3.05, 3.63) is 54.0 Å². The van der Waals surface area contributed by atoms with Crippen molar-refractivity contribution in [1.82, 2.24) is 4.98 Å². The van der Waals surface area contributed by atoms with E-state index in [2.05, 4.69) is 4.98 Å². The molecule has 0 aliphatic carbocycles. The summed E-state index contributed by atoms with van der Waals surface area (Å²) in [5.74, 6) is -3.51. The molecule has 0 atom stereocenters. The normalized spacial score (nSPS) is 11.2. The first kappa shape index (κ1) is 16.6. The highest BCUT2D eigenvalue weighted by Gasteiger charge is 2.43. The van der Waals surface area contributed by atoms with Gasteiger partial charge in [-0.2, -0.15) is 0 Å². The molecule has 2 rings (SSSR count). The SMILES string of the molecule is CC(OCc1ccc(-c2ccc(F)cc2)nc1)(C(=O)O)C(=O)O. The van der Waals surface area contributed by atoms with E-state index in [-0.39, 0.29) is 12.4 Å². The van der Waals surface area contributed by atoms with Crippen LogP contribution in [0.3, 0.4) is 0 Å². The first-order valence-electron chi connectivity index (χ1n) is 6.64. The number of rotatable bonds is 6. The number of carboxylic acid groups (broad SMARTS) is 2. The molecule has 23 heavy (non-hydrogen) atoms. The second-order valence-electron chi connectivity index (χ2n) is 4.99. The number of halogens is 1. The monoisotopic (exact) mass is 319 g/mol. The Kier molecular flexibility index (Phi) is 4.71. The van der Waals surface area contributed by atoms with Crippen molar-refractivity contribution in [2.45, 2.75) is 19.1 Å². The maximum absolute atomic E-state index is 12.9. The van der Waals surface area contributed by atoms with Gasteiger partial charge in [0, 0.05) is 11.8 Å². The lowest BCUT2D eigenvalue weighted by atomic mass is 10.1. The summed E-state index contributed by atoms with van der Waals surface area (Å²) in [6.45, 7) is 0.754. The average Bonchev–Trinajstić information content (AvgIpc) is 2.53. The number of aliphatic carboxylic acids is 2. The van der Waals surface area contributed by atoms with Crippen LogP contribution in [0, 0.1) is 5.82 Å². The number of nitrogens with zero attached hydrogens (tertiary/aromatic N) is 1. The number of pyridine rings is 1. The van der Waals surface area contributed by atoms with Crippen LogP contribution in [-0.4, -0.2) is 32.7 Å². The fraction of sp³-hybridized carbons (Fsp3) is 0.188. The molecule has 120 valence electrons. The Morgan fingerprint density at radius 3 is 2.22 bits per heavy atom. The molecule has 7 heteroatoms. The minimum Gasteiger partial charge on any atom is -0.479 e. The summed E-state index contributed by atoms with van der Waals surface area (Å²) in [5.41, 5.74) is -0.479. The number of ether oxygens (including phenoxy) is 1. The van der Waals surface area contributed by atoms with Gasteiger partial charge in [0.1, 0.15) is 5.82 Å². The van der Waals surface area contributed by atoms with Crippen LogP contribution in [0.4, 0.5) is 4.39 Å². The van der Waals surface area contributed by atoms with Crippen molar-refractivity contribution in [2.24, 2.45) is 0 Å². The van der Waals surface area contributed by atoms with Gasteiger partial charge in [-0.05, 0) is 42.8 Å². The zero-order valence-electron chi connectivity index (χ0n) is 12.2. The number of benzene rings is 1. The highest BCUT2D eigenvalue weighted by atomic mass is 19.1. The van der Waals surface area contributed by atoms with Gasteiger partial charge in [-0.1, -0.05) is 6.07 Å². The van der Waals surface area contributed by atoms with E-state index in [0.29, 0.717) is 11.3 Å². The third kappa shape index (κ3) is 3.70. The quantitative estimate of drug-likeness (QED) is 0.793. The Morgan fingerprint density at radius 2 is 1.74 bits per heavy atom. The van der Waals surface area contributed by atoms with Gasteiger partial charge < -0.3 is 14.9 Å². The molecule has 1 aromatic heterocycles.